The Labute approximate surface area is 69.0 Å². The highest BCUT2D eigenvalue weighted by Crippen LogP contribution is 2.09. The van der Waals surface area contributed by atoms with Crippen molar-refractivity contribution in [2.24, 2.45) is 0 Å². The van der Waals surface area contributed by atoms with Gasteiger partial charge in [0.2, 0.25) is 0 Å². The molecule has 0 fully saturated rings. The van der Waals surface area contributed by atoms with Crippen LogP contribution in [0, 0.1) is 0 Å². The van der Waals surface area contributed by atoms with Crippen molar-refractivity contribution in [2.45, 2.75) is 0 Å². The molecule has 0 saturated carbocycles. The lowest BCUT2D eigenvalue weighted by Crippen LogP contribution is -1.95. The molecule has 0 atom stereocenters. The van der Waals surface area contributed by atoms with Crippen LogP contribution in [0.4, 0.5) is 0 Å². The van der Waals surface area contributed by atoms with E-state index in [1.54, 1.807) is 24.3 Å². The van der Waals surface area contributed by atoms with Gasteiger partial charge in [-0.15, -0.1) is 0 Å². The molecule has 1 aromatic carbocycles. The van der Waals surface area contributed by atoms with Crippen LogP contribution < -0.4 is 0 Å². The molecule has 0 spiro atoms. The minimum absolute atomic E-state index is 0.396. The SMILES string of the molecule is [B]C(=O)c1ccc(Br)cc1. The summed E-state index contributed by atoms with van der Waals surface area (Å²) in [4.78, 5) is 10.5. The first-order chi connectivity index (χ1) is 4.70. The van der Waals surface area contributed by atoms with Crippen LogP contribution in [0.3, 0.4) is 0 Å². The predicted octanol–water partition coefficient (Wildman–Crippen LogP) is 1.76. The molecule has 10 heavy (non-hydrogen) atoms. The normalized spacial score (nSPS) is 9.30. The Hall–Kier alpha value is -0.565. The Morgan fingerprint density at radius 1 is 1.30 bits per heavy atom. The van der Waals surface area contributed by atoms with Gasteiger partial charge in [-0.3, -0.25) is 0 Å². The van der Waals surface area contributed by atoms with Crippen LogP contribution in [0.25, 0.3) is 0 Å². The molecule has 1 aromatic rings. The molecule has 0 aliphatic carbocycles. The summed E-state index contributed by atoms with van der Waals surface area (Å²) < 4.78 is 0.942. The zero-order valence-corrected chi connectivity index (χ0v) is 6.76. The van der Waals surface area contributed by atoms with Crippen molar-refractivity contribution in [2.75, 3.05) is 0 Å². The van der Waals surface area contributed by atoms with E-state index in [1.807, 2.05) is 0 Å². The Morgan fingerprint density at radius 2 is 1.80 bits per heavy atom. The molecule has 48 valence electrons. The molecule has 2 radical (unpaired) electrons. The number of hydrogen-bond donors (Lipinski definition) is 0. The summed E-state index contributed by atoms with van der Waals surface area (Å²) in [6.45, 7) is 0. The summed E-state index contributed by atoms with van der Waals surface area (Å²) >= 11 is 3.24. The molecule has 1 rings (SSSR count). The summed E-state index contributed by atoms with van der Waals surface area (Å²) in [5, 5.41) is 0. The fraction of sp³-hybridized carbons (Fsp3) is 0. The zero-order valence-electron chi connectivity index (χ0n) is 5.17. The molecule has 0 aliphatic heterocycles. The smallest absolute Gasteiger partial charge is 0.175 e. The average molecular weight is 195 g/mol. The zero-order chi connectivity index (χ0) is 7.56. The van der Waals surface area contributed by atoms with Crippen LogP contribution in [0.5, 0.6) is 0 Å². The fourth-order valence-corrected chi connectivity index (χ4v) is 0.878. The van der Waals surface area contributed by atoms with E-state index in [2.05, 4.69) is 15.9 Å². The van der Waals surface area contributed by atoms with Gasteiger partial charge >= 0.3 is 0 Å². The fourth-order valence-electron chi connectivity index (χ4n) is 0.614. The second kappa shape index (κ2) is 3.02. The largest absolute Gasteiger partial charge is 0.307 e. The van der Waals surface area contributed by atoms with Gasteiger partial charge in [-0.05, 0) is 12.1 Å². The standard InChI is InChI=1S/C7H4BBrO/c8-7(10)5-1-3-6(9)4-2-5/h1-4H. The molecule has 3 heteroatoms. The van der Waals surface area contributed by atoms with E-state index >= 15 is 0 Å². The summed E-state index contributed by atoms with van der Waals surface area (Å²) in [5.41, 5.74) is 0.135. The summed E-state index contributed by atoms with van der Waals surface area (Å²) in [5.74, 6) is 0. The second-order valence-corrected chi connectivity index (χ2v) is 2.79. The van der Waals surface area contributed by atoms with Gasteiger partial charge < -0.3 is 4.79 Å². The van der Waals surface area contributed by atoms with Crippen molar-refractivity contribution in [1.82, 2.24) is 0 Å². The van der Waals surface area contributed by atoms with Crippen LogP contribution in [0.1, 0.15) is 10.4 Å². The number of carbonyl (C=O) groups excluding carboxylic acids is 1. The Bertz CT molecular complexity index is 242. The van der Waals surface area contributed by atoms with Crippen molar-refractivity contribution in [3.05, 3.63) is 34.3 Å². The highest BCUT2D eigenvalue weighted by molar-refractivity contribution is 9.10. The lowest BCUT2D eigenvalue weighted by atomic mass is 9.95. The van der Waals surface area contributed by atoms with Crippen LogP contribution in [0.2, 0.25) is 0 Å². The van der Waals surface area contributed by atoms with Gasteiger partial charge in [0.15, 0.2) is 7.85 Å². The van der Waals surface area contributed by atoms with Crippen molar-refractivity contribution < 1.29 is 4.79 Å². The van der Waals surface area contributed by atoms with Crippen molar-refractivity contribution in [3.8, 4) is 0 Å². The first-order valence-electron chi connectivity index (χ1n) is 2.75. The molecule has 0 unspecified atom stereocenters. The molecule has 1 nitrogen and oxygen atoms in total. The Kier molecular flexibility index (Phi) is 2.27. The van der Waals surface area contributed by atoms with E-state index in [9.17, 15) is 4.79 Å². The molecule has 0 amide bonds. The van der Waals surface area contributed by atoms with E-state index < -0.39 is 5.68 Å². The molecule has 0 bridgehead atoms. The highest BCUT2D eigenvalue weighted by atomic mass is 79.9. The Morgan fingerprint density at radius 3 is 2.20 bits per heavy atom. The molecule has 0 aromatic heterocycles. The second-order valence-electron chi connectivity index (χ2n) is 1.87. The maximum Gasteiger partial charge on any atom is 0.175 e. The Balaban J connectivity index is 3.00. The number of carbonyl (C=O) groups is 1. The van der Waals surface area contributed by atoms with Gasteiger partial charge in [0.05, 0.1) is 0 Å². The maximum absolute atomic E-state index is 10.5. The van der Waals surface area contributed by atoms with Crippen molar-refractivity contribution >= 4 is 29.5 Å². The molecular weight excluding hydrogens is 191 g/mol. The predicted molar refractivity (Wildman–Crippen MR) is 44.2 cm³/mol. The van der Waals surface area contributed by atoms with E-state index in [0.29, 0.717) is 5.56 Å². The first kappa shape index (κ1) is 7.54. The molecule has 0 N–H and O–H groups in total. The third-order valence-corrected chi connectivity index (χ3v) is 1.66. The summed E-state index contributed by atoms with van der Waals surface area (Å²) in [7, 11) is 5.01. The summed E-state index contributed by atoms with van der Waals surface area (Å²) in [6, 6.07) is 6.90. The van der Waals surface area contributed by atoms with Crippen molar-refractivity contribution in [1.29, 1.82) is 0 Å². The lowest BCUT2D eigenvalue weighted by molar-refractivity contribution is 0.108. The van der Waals surface area contributed by atoms with E-state index in [0.717, 1.165) is 4.47 Å². The van der Waals surface area contributed by atoms with Crippen molar-refractivity contribution in [3.63, 3.8) is 0 Å². The minimum atomic E-state index is -0.396. The van der Waals surface area contributed by atoms with Gasteiger partial charge in [0.25, 0.3) is 0 Å². The lowest BCUT2D eigenvalue weighted by Gasteiger charge is -1.93. The average Bonchev–Trinajstić information content (AvgIpc) is 1.88. The van der Waals surface area contributed by atoms with Gasteiger partial charge in [-0.1, -0.05) is 28.1 Å². The van der Waals surface area contributed by atoms with E-state index in [-0.39, 0.29) is 0 Å². The minimum Gasteiger partial charge on any atom is -0.307 e. The van der Waals surface area contributed by atoms with E-state index in [1.165, 1.54) is 0 Å². The number of hydrogen-bond acceptors (Lipinski definition) is 1. The molecular formula is C7H4BBrO. The highest BCUT2D eigenvalue weighted by Gasteiger charge is 1.95. The van der Waals surface area contributed by atoms with E-state index in [4.69, 9.17) is 7.85 Å². The quantitative estimate of drug-likeness (QED) is 0.623. The third kappa shape index (κ3) is 1.71. The summed E-state index contributed by atoms with van der Waals surface area (Å²) in [6.07, 6.45) is 0. The number of rotatable bonds is 1. The van der Waals surface area contributed by atoms with Gasteiger partial charge in [-0.25, -0.2) is 0 Å². The molecule has 0 heterocycles. The third-order valence-electron chi connectivity index (χ3n) is 1.13. The van der Waals surface area contributed by atoms with Crippen LogP contribution in [-0.4, -0.2) is 13.5 Å². The molecule has 0 saturated heterocycles. The van der Waals surface area contributed by atoms with Crippen LogP contribution in [0.15, 0.2) is 28.7 Å². The number of benzene rings is 1. The van der Waals surface area contributed by atoms with Gasteiger partial charge in [0, 0.05) is 10.0 Å². The first-order valence-corrected chi connectivity index (χ1v) is 3.55. The monoisotopic (exact) mass is 194 g/mol. The van der Waals surface area contributed by atoms with Gasteiger partial charge in [0.1, 0.15) is 5.68 Å². The van der Waals surface area contributed by atoms with Crippen LogP contribution in [-0.2, 0) is 0 Å². The maximum atomic E-state index is 10.5. The van der Waals surface area contributed by atoms with Crippen LogP contribution >= 0.6 is 15.9 Å². The topological polar surface area (TPSA) is 17.1 Å². The molecule has 0 aliphatic rings. The number of halogens is 1. The van der Waals surface area contributed by atoms with Gasteiger partial charge in [-0.2, -0.15) is 0 Å².